The number of hydrogen-bond donors (Lipinski definition) is 0. The summed E-state index contributed by atoms with van der Waals surface area (Å²) >= 11 is 7.74. The Hall–Kier alpha value is -1.32. The monoisotopic (exact) mass is 304 g/mol. The molecule has 2 aromatic heterocycles. The average Bonchev–Trinajstić information content (AvgIpc) is 3.06. The van der Waals surface area contributed by atoms with Gasteiger partial charge in [-0.25, -0.2) is 4.98 Å². The van der Waals surface area contributed by atoms with Crippen LogP contribution in [-0.4, -0.2) is 15.4 Å². The van der Waals surface area contributed by atoms with Crippen LogP contribution in [0.3, 0.4) is 0 Å². The standard InChI is InChI=1S/C16H17ClN2S/c1-11-5-3-6-13-16(11)18-15(8-9-17)19(13)12(2)14-7-4-10-20-14/h3-7,10,12H,8-9H2,1-2H3. The van der Waals surface area contributed by atoms with E-state index in [9.17, 15) is 0 Å². The highest BCUT2D eigenvalue weighted by Crippen LogP contribution is 2.30. The van der Waals surface area contributed by atoms with Crippen LogP contribution in [0.2, 0.25) is 0 Å². The highest BCUT2D eigenvalue weighted by atomic mass is 35.5. The van der Waals surface area contributed by atoms with Crippen LogP contribution < -0.4 is 0 Å². The van der Waals surface area contributed by atoms with Gasteiger partial charge >= 0.3 is 0 Å². The van der Waals surface area contributed by atoms with E-state index in [4.69, 9.17) is 16.6 Å². The summed E-state index contributed by atoms with van der Waals surface area (Å²) in [6.45, 7) is 4.34. The SMILES string of the molecule is Cc1cccc2c1nc(CCCl)n2C(C)c1cccs1. The number of hydrogen-bond acceptors (Lipinski definition) is 2. The Morgan fingerprint density at radius 3 is 2.85 bits per heavy atom. The van der Waals surface area contributed by atoms with Gasteiger partial charge < -0.3 is 4.57 Å². The van der Waals surface area contributed by atoms with Gasteiger partial charge in [-0.2, -0.15) is 0 Å². The highest BCUT2D eigenvalue weighted by Gasteiger charge is 2.18. The second-order valence-corrected chi connectivity index (χ2v) is 6.33. The molecule has 1 atom stereocenters. The summed E-state index contributed by atoms with van der Waals surface area (Å²) in [6, 6.07) is 10.9. The van der Waals surface area contributed by atoms with Gasteiger partial charge in [-0.3, -0.25) is 0 Å². The predicted molar refractivity (Wildman–Crippen MR) is 87.0 cm³/mol. The van der Waals surface area contributed by atoms with Crippen LogP contribution in [0, 0.1) is 6.92 Å². The largest absolute Gasteiger partial charge is 0.320 e. The molecule has 0 aliphatic rings. The van der Waals surface area contributed by atoms with E-state index in [1.54, 1.807) is 11.3 Å². The third kappa shape index (κ3) is 2.25. The molecular weight excluding hydrogens is 288 g/mol. The second kappa shape index (κ2) is 5.58. The molecule has 2 heterocycles. The quantitative estimate of drug-likeness (QED) is 0.633. The van der Waals surface area contributed by atoms with Gasteiger partial charge in [-0.15, -0.1) is 22.9 Å². The van der Waals surface area contributed by atoms with E-state index in [-0.39, 0.29) is 0 Å². The van der Waals surface area contributed by atoms with Crippen LogP contribution in [-0.2, 0) is 6.42 Å². The molecule has 0 fully saturated rings. The van der Waals surface area contributed by atoms with E-state index < -0.39 is 0 Å². The minimum Gasteiger partial charge on any atom is -0.320 e. The van der Waals surface area contributed by atoms with Crippen molar-refractivity contribution in [2.45, 2.75) is 26.3 Å². The summed E-state index contributed by atoms with van der Waals surface area (Å²) in [7, 11) is 0. The third-order valence-electron chi connectivity index (χ3n) is 3.66. The molecule has 0 spiro atoms. The Balaban J connectivity index is 2.21. The van der Waals surface area contributed by atoms with Crippen molar-refractivity contribution in [1.82, 2.24) is 9.55 Å². The lowest BCUT2D eigenvalue weighted by atomic mass is 10.2. The van der Waals surface area contributed by atoms with Crippen molar-refractivity contribution in [3.63, 3.8) is 0 Å². The summed E-state index contributed by atoms with van der Waals surface area (Å²) in [6.07, 6.45) is 0.797. The van der Waals surface area contributed by atoms with Gasteiger partial charge in [-0.05, 0) is 36.9 Å². The van der Waals surface area contributed by atoms with E-state index in [1.165, 1.54) is 16.0 Å². The molecule has 20 heavy (non-hydrogen) atoms. The number of benzene rings is 1. The first kappa shape index (κ1) is 13.7. The van der Waals surface area contributed by atoms with E-state index in [1.807, 2.05) is 0 Å². The molecule has 0 amide bonds. The van der Waals surface area contributed by atoms with Crippen molar-refractivity contribution in [2.24, 2.45) is 0 Å². The zero-order chi connectivity index (χ0) is 14.1. The van der Waals surface area contributed by atoms with E-state index >= 15 is 0 Å². The molecule has 104 valence electrons. The number of aromatic nitrogens is 2. The van der Waals surface area contributed by atoms with Gasteiger partial charge in [0.2, 0.25) is 0 Å². The van der Waals surface area contributed by atoms with Crippen molar-refractivity contribution in [1.29, 1.82) is 0 Å². The summed E-state index contributed by atoms with van der Waals surface area (Å²) < 4.78 is 2.33. The maximum atomic E-state index is 5.95. The first-order valence-electron chi connectivity index (χ1n) is 6.78. The fourth-order valence-corrected chi connectivity index (χ4v) is 3.60. The van der Waals surface area contributed by atoms with E-state index in [0.29, 0.717) is 11.9 Å². The number of nitrogens with zero attached hydrogens (tertiary/aromatic N) is 2. The number of rotatable bonds is 4. The van der Waals surface area contributed by atoms with Crippen molar-refractivity contribution >= 4 is 34.0 Å². The van der Waals surface area contributed by atoms with Crippen LogP contribution >= 0.6 is 22.9 Å². The number of imidazole rings is 1. The molecule has 0 aliphatic heterocycles. The number of thiophene rings is 1. The molecule has 2 nitrogen and oxygen atoms in total. The van der Waals surface area contributed by atoms with Crippen molar-refractivity contribution < 1.29 is 0 Å². The van der Waals surface area contributed by atoms with Gasteiger partial charge in [0.15, 0.2) is 0 Å². The first-order valence-corrected chi connectivity index (χ1v) is 8.19. The average molecular weight is 305 g/mol. The maximum Gasteiger partial charge on any atom is 0.111 e. The molecule has 0 N–H and O–H groups in total. The fraction of sp³-hybridized carbons (Fsp3) is 0.312. The third-order valence-corrected chi connectivity index (χ3v) is 4.89. The number of fused-ring (bicyclic) bond motifs is 1. The lowest BCUT2D eigenvalue weighted by molar-refractivity contribution is 0.633. The van der Waals surface area contributed by atoms with Crippen LogP contribution in [0.15, 0.2) is 35.7 Å². The Labute approximate surface area is 128 Å². The summed E-state index contributed by atoms with van der Waals surface area (Å²) in [5.41, 5.74) is 3.51. The lowest BCUT2D eigenvalue weighted by Crippen LogP contribution is -2.10. The minimum absolute atomic E-state index is 0.292. The molecule has 3 aromatic rings. The van der Waals surface area contributed by atoms with Crippen molar-refractivity contribution in [3.8, 4) is 0 Å². The zero-order valence-corrected chi connectivity index (χ0v) is 13.2. The summed E-state index contributed by atoms with van der Waals surface area (Å²) in [5, 5.41) is 2.12. The summed E-state index contributed by atoms with van der Waals surface area (Å²) in [5.74, 6) is 1.67. The Bertz CT molecular complexity index is 715. The number of aryl methyl sites for hydroxylation is 2. The van der Waals surface area contributed by atoms with Gasteiger partial charge in [-0.1, -0.05) is 18.2 Å². The van der Waals surface area contributed by atoms with E-state index in [2.05, 4.69) is 54.1 Å². The van der Waals surface area contributed by atoms with Crippen LogP contribution in [0.1, 0.15) is 29.2 Å². The fourth-order valence-electron chi connectivity index (χ4n) is 2.65. The van der Waals surface area contributed by atoms with Crippen LogP contribution in [0.5, 0.6) is 0 Å². The maximum absolute atomic E-state index is 5.95. The molecule has 3 rings (SSSR count). The van der Waals surface area contributed by atoms with E-state index in [0.717, 1.165) is 17.8 Å². The molecule has 0 saturated carbocycles. The lowest BCUT2D eigenvalue weighted by Gasteiger charge is -2.16. The molecule has 4 heteroatoms. The second-order valence-electron chi connectivity index (χ2n) is 4.97. The predicted octanol–water partition coefficient (Wildman–Crippen LogP) is 4.80. The molecule has 0 bridgehead atoms. The Kier molecular flexibility index (Phi) is 3.81. The smallest absolute Gasteiger partial charge is 0.111 e. The number of para-hydroxylation sites is 1. The van der Waals surface area contributed by atoms with Gasteiger partial charge in [0, 0.05) is 17.2 Å². The highest BCUT2D eigenvalue weighted by molar-refractivity contribution is 7.10. The van der Waals surface area contributed by atoms with Crippen molar-refractivity contribution in [3.05, 3.63) is 52.0 Å². The van der Waals surface area contributed by atoms with Crippen LogP contribution in [0.25, 0.3) is 11.0 Å². The Morgan fingerprint density at radius 2 is 2.15 bits per heavy atom. The summed E-state index contributed by atoms with van der Waals surface area (Å²) in [4.78, 5) is 6.16. The van der Waals surface area contributed by atoms with Gasteiger partial charge in [0.25, 0.3) is 0 Å². The molecule has 1 aromatic carbocycles. The molecule has 0 saturated heterocycles. The molecular formula is C16H17ClN2S. The van der Waals surface area contributed by atoms with Crippen LogP contribution in [0.4, 0.5) is 0 Å². The minimum atomic E-state index is 0.292. The van der Waals surface area contributed by atoms with Crippen molar-refractivity contribution in [2.75, 3.05) is 5.88 Å². The normalized spacial score (nSPS) is 12.9. The first-order chi connectivity index (χ1) is 9.72. The molecule has 0 radical (unpaired) electrons. The number of alkyl halides is 1. The molecule has 0 aliphatic carbocycles. The Morgan fingerprint density at radius 1 is 1.30 bits per heavy atom. The zero-order valence-electron chi connectivity index (χ0n) is 11.6. The van der Waals surface area contributed by atoms with Gasteiger partial charge in [0.1, 0.15) is 5.82 Å². The topological polar surface area (TPSA) is 17.8 Å². The molecule has 1 unspecified atom stereocenters. The number of halogens is 1. The van der Waals surface area contributed by atoms with Gasteiger partial charge in [0.05, 0.1) is 17.1 Å².